The zero-order chi connectivity index (χ0) is 32.0. The first-order chi connectivity index (χ1) is 22.1. The summed E-state index contributed by atoms with van der Waals surface area (Å²) in [6.07, 6.45) is 1.92. The first kappa shape index (κ1) is 30.1. The fraction of sp³-hybridized carbons (Fsp3) is 0.216. The smallest absolute Gasteiger partial charge is 0.170 e. The number of likely N-dealkylation sites (tertiary alicyclic amines) is 2. The minimum Gasteiger partial charge on any atom is -0.301 e. The maximum Gasteiger partial charge on any atom is 0.170 e. The second-order valence-corrected chi connectivity index (χ2v) is 14.3. The predicted octanol–water partition coefficient (Wildman–Crippen LogP) is 8.78. The maximum absolute atomic E-state index is 15.7. The van der Waals surface area contributed by atoms with Gasteiger partial charge in [0.2, 0.25) is 0 Å². The van der Waals surface area contributed by atoms with Crippen LogP contribution < -0.4 is 0 Å². The van der Waals surface area contributed by atoms with Gasteiger partial charge in [0, 0.05) is 56.8 Å². The average molecular weight is 686 g/mol. The molecule has 9 heteroatoms. The van der Waals surface area contributed by atoms with Crippen LogP contribution >= 0.6 is 46.4 Å². The lowest BCUT2D eigenvalue weighted by molar-refractivity contribution is -0.134. The highest BCUT2D eigenvalue weighted by atomic mass is 35.5. The zero-order valence-corrected chi connectivity index (χ0v) is 28.1. The van der Waals surface area contributed by atoms with Crippen LogP contribution in [0.15, 0.2) is 90.5 Å². The monoisotopic (exact) mass is 684 g/mol. The van der Waals surface area contributed by atoms with Gasteiger partial charge in [0.15, 0.2) is 5.78 Å². The van der Waals surface area contributed by atoms with Gasteiger partial charge in [-0.05, 0) is 73.3 Å². The fourth-order valence-corrected chi connectivity index (χ4v) is 9.39. The molecule has 5 aromatic rings. The molecule has 8 rings (SSSR count). The number of nitrogens with zero attached hydrogens (tertiary/aromatic N) is 4. The number of aromatic nitrogens is 2. The number of halogens is 4. The third kappa shape index (κ3) is 4.13. The van der Waals surface area contributed by atoms with Crippen molar-refractivity contribution in [2.75, 3.05) is 33.7 Å². The molecule has 3 atom stereocenters. The number of hydrogen-bond donors (Lipinski definition) is 0. The quantitative estimate of drug-likeness (QED) is 0.174. The molecule has 3 heterocycles. The molecular formula is C37H28Cl4N4O. The van der Waals surface area contributed by atoms with Gasteiger partial charge in [-0.1, -0.05) is 94.9 Å². The van der Waals surface area contributed by atoms with Gasteiger partial charge in [0.05, 0.1) is 27.8 Å². The number of benzene rings is 4. The highest BCUT2D eigenvalue weighted by Gasteiger charge is 2.73. The van der Waals surface area contributed by atoms with Gasteiger partial charge in [-0.15, -0.1) is 0 Å². The number of carbonyl (C=O) groups excluding carboxylic acids is 1. The molecule has 0 unspecified atom stereocenters. The summed E-state index contributed by atoms with van der Waals surface area (Å²) in [6, 6.07) is 27.1. The minimum atomic E-state index is -1.06. The number of rotatable bonds is 2. The second-order valence-electron chi connectivity index (χ2n) is 12.6. The molecule has 3 aliphatic rings. The van der Waals surface area contributed by atoms with Crippen molar-refractivity contribution < 1.29 is 4.79 Å². The Balaban J connectivity index is 1.48. The molecule has 0 saturated carbocycles. The van der Waals surface area contributed by atoms with Gasteiger partial charge >= 0.3 is 0 Å². The molecule has 1 aromatic heterocycles. The van der Waals surface area contributed by atoms with Gasteiger partial charge in [0.1, 0.15) is 5.54 Å². The van der Waals surface area contributed by atoms with Crippen LogP contribution in [0.3, 0.4) is 0 Å². The first-order valence-electron chi connectivity index (χ1n) is 15.1. The third-order valence-corrected chi connectivity index (χ3v) is 11.2. The maximum atomic E-state index is 15.7. The highest BCUT2D eigenvalue weighted by Crippen LogP contribution is 2.68. The second kappa shape index (κ2) is 10.9. The van der Waals surface area contributed by atoms with E-state index in [9.17, 15) is 0 Å². The molecule has 5 nitrogen and oxygen atoms in total. The number of para-hydroxylation sites is 2. The molecule has 1 aliphatic carbocycles. The SMILES string of the molecule is CN1C/C(=C\c2ccc(Cl)cc2Cl)C(=O)[C@@]2(C1)[C@H](c1ccc(Cl)cc1Cl)CN(C)[C@@]21c2ccccc2-c2nc3ccccc3nc21. The van der Waals surface area contributed by atoms with Gasteiger partial charge in [-0.2, -0.15) is 0 Å². The summed E-state index contributed by atoms with van der Waals surface area (Å²) >= 11 is 26.3. The molecule has 0 N–H and O–H groups in total. The largest absolute Gasteiger partial charge is 0.301 e. The molecule has 2 saturated heterocycles. The van der Waals surface area contributed by atoms with Gasteiger partial charge in [-0.25, -0.2) is 9.97 Å². The van der Waals surface area contributed by atoms with Crippen LogP contribution in [0.4, 0.5) is 0 Å². The molecule has 0 bridgehead atoms. The number of carbonyl (C=O) groups is 1. The van der Waals surface area contributed by atoms with Crippen LogP contribution in [0.1, 0.15) is 28.3 Å². The van der Waals surface area contributed by atoms with Crippen LogP contribution in [0.25, 0.3) is 28.4 Å². The van der Waals surface area contributed by atoms with E-state index < -0.39 is 11.0 Å². The van der Waals surface area contributed by atoms with Crippen LogP contribution in [-0.2, 0) is 10.3 Å². The van der Waals surface area contributed by atoms with Crippen molar-refractivity contribution in [1.29, 1.82) is 0 Å². The van der Waals surface area contributed by atoms with E-state index in [1.807, 2.05) is 60.7 Å². The number of fused-ring (bicyclic) bond motifs is 7. The Kier molecular flexibility index (Phi) is 7.11. The number of Topliss-reactive ketones (excluding diaryl/α,β-unsaturated/α-hetero) is 1. The third-order valence-electron chi connectivity index (χ3n) is 10.0. The van der Waals surface area contributed by atoms with E-state index in [1.165, 1.54) is 0 Å². The Morgan fingerprint density at radius 2 is 1.50 bits per heavy atom. The summed E-state index contributed by atoms with van der Waals surface area (Å²) in [7, 11) is 4.15. The molecule has 2 aliphatic heterocycles. The van der Waals surface area contributed by atoms with E-state index in [-0.39, 0.29) is 11.7 Å². The minimum absolute atomic E-state index is 0.0367. The van der Waals surface area contributed by atoms with Crippen molar-refractivity contribution in [2.45, 2.75) is 11.5 Å². The van der Waals surface area contributed by atoms with E-state index in [0.29, 0.717) is 45.3 Å². The lowest BCUT2D eigenvalue weighted by atomic mass is 9.55. The summed E-state index contributed by atoms with van der Waals surface area (Å²) in [4.78, 5) is 30.8. The molecule has 2 spiro atoms. The number of likely N-dealkylation sites (N-methyl/N-ethyl adjacent to an activating group) is 2. The van der Waals surface area contributed by atoms with Crippen molar-refractivity contribution in [1.82, 2.24) is 19.8 Å². The Labute approximate surface area is 287 Å². The van der Waals surface area contributed by atoms with Crippen molar-refractivity contribution >= 4 is 69.3 Å². The first-order valence-corrected chi connectivity index (χ1v) is 16.6. The molecule has 0 amide bonds. The molecule has 46 heavy (non-hydrogen) atoms. The van der Waals surface area contributed by atoms with E-state index in [2.05, 4.69) is 36.0 Å². The van der Waals surface area contributed by atoms with Gasteiger partial charge < -0.3 is 4.90 Å². The zero-order valence-electron chi connectivity index (χ0n) is 25.1. The molecule has 2 fully saturated rings. The van der Waals surface area contributed by atoms with Crippen molar-refractivity contribution in [3.63, 3.8) is 0 Å². The summed E-state index contributed by atoms with van der Waals surface area (Å²) in [6.45, 7) is 1.48. The Bertz CT molecular complexity index is 2130. The highest BCUT2D eigenvalue weighted by molar-refractivity contribution is 6.36. The molecule has 230 valence electrons. The van der Waals surface area contributed by atoms with Crippen LogP contribution in [-0.4, -0.2) is 59.3 Å². The summed E-state index contributed by atoms with van der Waals surface area (Å²) in [5, 5.41) is 2.10. The number of hydrogen-bond acceptors (Lipinski definition) is 5. The number of ketones is 1. The summed E-state index contributed by atoms with van der Waals surface area (Å²) < 4.78 is 0. The van der Waals surface area contributed by atoms with Crippen LogP contribution in [0.2, 0.25) is 20.1 Å². The normalized spacial score (nSPS) is 25.2. The van der Waals surface area contributed by atoms with Gasteiger partial charge in [0.25, 0.3) is 0 Å². The van der Waals surface area contributed by atoms with E-state index in [0.717, 1.165) is 44.7 Å². The van der Waals surface area contributed by atoms with Gasteiger partial charge in [-0.3, -0.25) is 9.69 Å². The molecule has 0 radical (unpaired) electrons. The van der Waals surface area contributed by atoms with Crippen LogP contribution in [0, 0.1) is 5.41 Å². The Morgan fingerprint density at radius 3 is 2.24 bits per heavy atom. The average Bonchev–Trinajstić information content (AvgIpc) is 3.46. The molecular weight excluding hydrogens is 658 g/mol. The summed E-state index contributed by atoms with van der Waals surface area (Å²) in [5.74, 6) is -0.275. The lowest BCUT2D eigenvalue weighted by Crippen LogP contribution is -2.62. The summed E-state index contributed by atoms with van der Waals surface area (Å²) in [5.41, 5.74) is 5.43. The van der Waals surface area contributed by atoms with Crippen LogP contribution in [0.5, 0.6) is 0 Å². The Morgan fingerprint density at radius 1 is 0.826 bits per heavy atom. The topological polar surface area (TPSA) is 49.3 Å². The molecule has 4 aromatic carbocycles. The fourth-order valence-electron chi connectivity index (χ4n) is 8.39. The Hall–Kier alpha value is -3.29. The van der Waals surface area contributed by atoms with E-state index in [4.69, 9.17) is 56.4 Å². The lowest BCUT2D eigenvalue weighted by Gasteiger charge is -2.52. The predicted molar refractivity (Wildman–Crippen MR) is 187 cm³/mol. The standard InChI is InChI=1S/C37H28Cl4N4O/c1-44-18-22(15-21-11-12-23(38)16-29(21)40)35(46)36(20-44)28(25-14-13-24(39)17-30(25)41)19-45(2)37(36)27-8-4-3-7-26(27)33-34(37)43-32-10-6-5-9-31(32)42-33/h3-17,28H,18-20H2,1-2H3/b22-15+/t28-,36+,37+/m0/s1. The van der Waals surface area contributed by atoms with E-state index >= 15 is 4.79 Å². The number of piperidine rings is 1. The van der Waals surface area contributed by atoms with Crippen molar-refractivity contribution in [3.05, 3.63) is 133 Å². The van der Waals surface area contributed by atoms with E-state index in [1.54, 1.807) is 18.2 Å². The van der Waals surface area contributed by atoms with Crippen molar-refractivity contribution in [3.8, 4) is 11.3 Å². The van der Waals surface area contributed by atoms with Crippen molar-refractivity contribution in [2.24, 2.45) is 5.41 Å².